The predicted octanol–water partition coefficient (Wildman–Crippen LogP) is 6.24. The Morgan fingerprint density at radius 1 is 0.915 bits per heavy atom. The number of sulfone groups is 1. The van der Waals surface area contributed by atoms with E-state index < -0.39 is 15.8 Å². The van der Waals surface area contributed by atoms with Crippen molar-refractivity contribution in [2.75, 3.05) is 37.7 Å². The van der Waals surface area contributed by atoms with Crippen LogP contribution in [0.5, 0.6) is 0 Å². The first-order valence-corrected chi connectivity index (χ1v) is 20.4. The minimum atomic E-state index is -2.86. The highest BCUT2D eigenvalue weighted by Crippen LogP contribution is 2.76. The lowest BCUT2D eigenvalue weighted by Gasteiger charge is -2.72. The first kappa shape index (κ1) is 33.7. The van der Waals surface area contributed by atoms with Crippen LogP contribution in [0, 0.1) is 45.3 Å². The maximum Gasteiger partial charge on any atom is 0.335 e. The van der Waals surface area contributed by atoms with Gasteiger partial charge in [0.15, 0.2) is 9.84 Å². The van der Waals surface area contributed by atoms with Crippen LogP contribution < -0.4 is 11.1 Å². The molecule has 1 aromatic carbocycles. The second kappa shape index (κ2) is 11.4. The van der Waals surface area contributed by atoms with Crippen LogP contribution >= 0.6 is 0 Å². The molecule has 6 aliphatic rings. The Bertz CT molecular complexity index is 1530. The fourth-order valence-corrected chi connectivity index (χ4v) is 14.6. The number of carboxylic acids is 1. The number of hydrogen-bond acceptors (Lipinski definition) is 6. The first-order valence-electron chi connectivity index (χ1n) is 18.5. The van der Waals surface area contributed by atoms with E-state index in [9.17, 15) is 18.3 Å². The Balaban J connectivity index is 1.12. The minimum Gasteiger partial charge on any atom is -0.478 e. The Hall–Kier alpha value is -1.74. The van der Waals surface area contributed by atoms with E-state index in [0.717, 1.165) is 32.4 Å². The summed E-state index contributed by atoms with van der Waals surface area (Å²) in [5, 5.41) is 13.6. The first-order chi connectivity index (χ1) is 22.1. The second-order valence-electron chi connectivity index (χ2n) is 17.9. The van der Waals surface area contributed by atoms with Gasteiger partial charge in [0.1, 0.15) is 0 Å². The Kier molecular flexibility index (Phi) is 8.18. The number of hydrogen-bond donors (Lipinski definition) is 3. The number of fused-ring (bicyclic) bond motifs is 7. The molecule has 8 heteroatoms. The molecule has 0 radical (unpaired) electrons. The number of benzene rings is 1. The van der Waals surface area contributed by atoms with Gasteiger partial charge in [-0.05, 0) is 126 Å². The van der Waals surface area contributed by atoms with Crippen LogP contribution in [-0.4, -0.2) is 73.7 Å². The van der Waals surface area contributed by atoms with Gasteiger partial charge < -0.3 is 21.1 Å². The molecule has 0 amide bonds. The summed E-state index contributed by atoms with van der Waals surface area (Å²) < 4.78 is 23.9. The zero-order valence-corrected chi connectivity index (χ0v) is 30.3. The quantitative estimate of drug-likeness (QED) is 0.330. The van der Waals surface area contributed by atoms with E-state index in [1.165, 1.54) is 49.7 Å². The van der Waals surface area contributed by atoms with Gasteiger partial charge >= 0.3 is 5.97 Å². The molecular formula is C39H59N3O4S. The third kappa shape index (κ3) is 5.12. The average molecular weight is 666 g/mol. The number of aromatic carboxylic acids is 1. The number of rotatable bonds is 6. The molecule has 0 bridgehead atoms. The van der Waals surface area contributed by atoms with E-state index in [1.807, 2.05) is 12.1 Å². The molecule has 1 aromatic rings. The van der Waals surface area contributed by atoms with Crippen molar-refractivity contribution < 1.29 is 18.3 Å². The van der Waals surface area contributed by atoms with Crippen molar-refractivity contribution in [1.29, 1.82) is 0 Å². The highest BCUT2D eigenvalue weighted by atomic mass is 32.2. The summed E-state index contributed by atoms with van der Waals surface area (Å²) in [6, 6.07) is 7.79. The maximum absolute atomic E-state index is 11.9. The molecule has 1 heterocycles. The van der Waals surface area contributed by atoms with Crippen LogP contribution in [0.15, 0.2) is 30.3 Å². The molecule has 7 nitrogen and oxygen atoms in total. The lowest BCUT2D eigenvalue weighted by atomic mass is 9.33. The fourth-order valence-electron chi connectivity index (χ4n) is 13.3. The normalized spacial score (nSPS) is 44.0. The van der Waals surface area contributed by atoms with E-state index >= 15 is 0 Å². The molecule has 0 spiro atoms. The molecular weight excluding hydrogens is 607 g/mol. The summed E-state index contributed by atoms with van der Waals surface area (Å²) in [5.41, 5.74) is 10.9. The Morgan fingerprint density at radius 3 is 2.30 bits per heavy atom. The summed E-state index contributed by atoms with van der Waals surface area (Å²) in [6.07, 6.45) is 13.3. The molecule has 47 heavy (non-hydrogen) atoms. The van der Waals surface area contributed by atoms with Crippen molar-refractivity contribution in [1.82, 2.24) is 10.2 Å². The summed E-state index contributed by atoms with van der Waals surface area (Å²) in [4.78, 5) is 13.8. The lowest BCUT2D eigenvalue weighted by molar-refractivity contribution is -0.218. The lowest BCUT2D eigenvalue weighted by Crippen LogP contribution is -2.69. The van der Waals surface area contributed by atoms with Gasteiger partial charge in [0.2, 0.25) is 0 Å². The van der Waals surface area contributed by atoms with Crippen LogP contribution in [0.25, 0.3) is 5.57 Å². The number of allylic oxidation sites excluding steroid dienone is 2. The monoisotopic (exact) mass is 665 g/mol. The zero-order valence-electron chi connectivity index (χ0n) is 29.5. The number of nitrogens with two attached hydrogens (primary N) is 1. The van der Waals surface area contributed by atoms with Gasteiger partial charge in [0.05, 0.1) is 17.1 Å². The van der Waals surface area contributed by atoms with Gasteiger partial charge in [-0.1, -0.05) is 52.8 Å². The summed E-state index contributed by atoms with van der Waals surface area (Å²) in [5.74, 6) is 2.07. The number of carboxylic acid groups (broad SMARTS) is 1. The number of nitrogens with zero attached hydrogens (tertiary/aromatic N) is 1. The van der Waals surface area contributed by atoms with Crippen molar-refractivity contribution in [2.45, 2.75) is 104 Å². The van der Waals surface area contributed by atoms with Crippen LogP contribution in [0.4, 0.5) is 0 Å². The predicted molar refractivity (Wildman–Crippen MR) is 189 cm³/mol. The van der Waals surface area contributed by atoms with Gasteiger partial charge in [-0.25, -0.2) is 13.2 Å². The Labute approximate surface area is 283 Å². The van der Waals surface area contributed by atoms with Crippen LogP contribution in [0.2, 0.25) is 0 Å². The van der Waals surface area contributed by atoms with Crippen molar-refractivity contribution in [2.24, 2.45) is 51.1 Å². The van der Waals surface area contributed by atoms with Gasteiger partial charge in [-0.3, -0.25) is 0 Å². The molecule has 4 saturated carbocycles. The van der Waals surface area contributed by atoms with Crippen molar-refractivity contribution in [3.63, 3.8) is 0 Å². The van der Waals surface area contributed by atoms with E-state index in [-0.39, 0.29) is 33.2 Å². The third-order valence-corrected chi connectivity index (χ3v) is 17.5. The maximum atomic E-state index is 11.9. The van der Waals surface area contributed by atoms with Gasteiger partial charge in [-0.15, -0.1) is 0 Å². The molecule has 5 fully saturated rings. The standard InChI is InChI=1S/C39H59N3O4S/c1-35(2)28(26-6-8-27(9-7-26)34(43)44)12-15-36(3)31(35)14-16-38(5)32(36)11-10-29-33-30(40)13-17-39(33,19-18-37(29,38)4)41-20-21-42-22-24-47(45,46)25-23-42/h6-9,12,29-33,41H,10-11,13-25,40H2,1-5H3,(H,43,44)/t29-,30-,31+,32-,33+,36+,37-,38-,39+/m1/s1. The van der Waals surface area contributed by atoms with Gasteiger partial charge in [0.25, 0.3) is 0 Å². The largest absolute Gasteiger partial charge is 0.478 e. The van der Waals surface area contributed by atoms with Gasteiger partial charge in [-0.2, -0.15) is 0 Å². The molecule has 4 N–H and O–H groups in total. The molecule has 1 saturated heterocycles. The van der Waals surface area contributed by atoms with E-state index in [2.05, 4.69) is 50.9 Å². The van der Waals surface area contributed by atoms with E-state index in [1.54, 1.807) is 12.1 Å². The smallest absolute Gasteiger partial charge is 0.335 e. The zero-order chi connectivity index (χ0) is 33.6. The van der Waals surface area contributed by atoms with Crippen molar-refractivity contribution in [3.05, 3.63) is 41.5 Å². The molecule has 0 unspecified atom stereocenters. The Morgan fingerprint density at radius 2 is 1.62 bits per heavy atom. The highest BCUT2D eigenvalue weighted by Gasteiger charge is 2.70. The summed E-state index contributed by atoms with van der Waals surface area (Å²) >= 11 is 0. The number of nitrogens with one attached hydrogen (secondary N) is 1. The topological polar surface area (TPSA) is 113 Å². The van der Waals surface area contributed by atoms with E-state index in [4.69, 9.17) is 5.73 Å². The molecule has 9 atom stereocenters. The summed E-state index contributed by atoms with van der Waals surface area (Å²) in [7, 11) is -2.86. The van der Waals surface area contributed by atoms with Crippen LogP contribution in [-0.2, 0) is 9.84 Å². The van der Waals surface area contributed by atoms with E-state index in [0.29, 0.717) is 53.8 Å². The fraction of sp³-hybridized carbons (Fsp3) is 0.769. The SMILES string of the molecule is CC1(C)C(c2ccc(C(=O)O)cc2)=CC[C@]2(C)[C@H]3CC[C@@H]4[C@H]5[C@H](N)CC[C@]5(NCCN5CCS(=O)(=O)CC5)CC[C@@]4(C)[C@]3(C)CC[C@@H]12. The third-order valence-electron chi connectivity index (χ3n) is 15.8. The van der Waals surface area contributed by atoms with Crippen molar-refractivity contribution >= 4 is 21.4 Å². The van der Waals surface area contributed by atoms with Crippen LogP contribution in [0.3, 0.4) is 0 Å². The van der Waals surface area contributed by atoms with Crippen LogP contribution in [0.1, 0.15) is 108 Å². The number of carbonyl (C=O) groups is 1. The molecule has 7 rings (SSSR count). The summed E-state index contributed by atoms with van der Waals surface area (Å²) in [6.45, 7) is 16.0. The molecule has 0 aromatic heterocycles. The van der Waals surface area contributed by atoms with Gasteiger partial charge in [0, 0.05) is 37.8 Å². The molecule has 1 aliphatic heterocycles. The minimum absolute atomic E-state index is 0.00874. The second-order valence-corrected chi connectivity index (χ2v) is 20.2. The van der Waals surface area contributed by atoms with Crippen molar-refractivity contribution in [3.8, 4) is 0 Å². The molecule has 260 valence electrons. The molecule has 5 aliphatic carbocycles. The average Bonchev–Trinajstić information content (AvgIpc) is 3.34. The highest BCUT2D eigenvalue weighted by molar-refractivity contribution is 7.91.